The summed E-state index contributed by atoms with van der Waals surface area (Å²) in [6.45, 7) is 15.0. The molecule has 1 aliphatic heterocycles. The van der Waals surface area contributed by atoms with Crippen molar-refractivity contribution in [1.82, 2.24) is 4.90 Å². The molecule has 0 aromatic heterocycles. The number of ether oxygens (including phenoxy) is 3. The first-order chi connectivity index (χ1) is 25.8. The number of likely N-dealkylation sites (tertiary alicyclic amines) is 1. The van der Waals surface area contributed by atoms with Crippen LogP contribution >= 0.6 is 0 Å². The first kappa shape index (κ1) is 49.4. The Morgan fingerprint density at radius 1 is 0.491 bits per heavy atom. The van der Waals surface area contributed by atoms with E-state index in [9.17, 15) is 14.4 Å². The summed E-state index contributed by atoms with van der Waals surface area (Å²) in [6.07, 6.45) is 30.2. The van der Waals surface area contributed by atoms with Crippen molar-refractivity contribution < 1.29 is 28.6 Å². The van der Waals surface area contributed by atoms with Gasteiger partial charge in [-0.15, -0.1) is 0 Å². The highest BCUT2D eigenvalue weighted by molar-refractivity contribution is 5.73. The van der Waals surface area contributed by atoms with E-state index in [4.69, 9.17) is 14.2 Å². The third-order valence-corrected chi connectivity index (χ3v) is 11.2. The summed E-state index contributed by atoms with van der Waals surface area (Å²) >= 11 is 0. The maximum atomic E-state index is 13.5. The number of rotatable bonds is 38. The summed E-state index contributed by atoms with van der Waals surface area (Å²) in [7, 11) is 0. The van der Waals surface area contributed by atoms with E-state index in [0.717, 1.165) is 109 Å². The van der Waals surface area contributed by atoms with Crippen molar-refractivity contribution in [3.63, 3.8) is 0 Å². The molecule has 2 atom stereocenters. The quantitative estimate of drug-likeness (QED) is 0.0353. The van der Waals surface area contributed by atoms with Crippen LogP contribution in [0, 0.1) is 23.7 Å². The minimum Gasteiger partial charge on any atom is -0.465 e. The minimum absolute atomic E-state index is 0.0995. The lowest BCUT2D eigenvalue weighted by Gasteiger charge is -2.37. The molecule has 0 bridgehead atoms. The number of carbonyl (C=O) groups is 3. The molecule has 0 spiro atoms. The smallest absolute Gasteiger partial charge is 0.308 e. The number of unbranched alkanes of at least 4 members (excludes halogenated alkanes) is 18. The summed E-state index contributed by atoms with van der Waals surface area (Å²) < 4.78 is 17.7. The van der Waals surface area contributed by atoms with Gasteiger partial charge in [-0.25, -0.2) is 0 Å². The van der Waals surface area contributed by atoms with Gasteiger partial charge < -0.3 is 19.1 Å². The molecule has 2 unspecified atom stereocenters. The molecular formula is C46H87NO6. The molecule has 0 saturated carbocycles. The molecule has 0 aromatic rings. The van der Waals surface area contributed by atoms with Gasteiger partial charge in [0.15, 0.2) is 0 Å². The zero-order chi connectivity index (χ0) is 38.8. The van der Waals surface area contributed by atoms with Gasteiger partial charge in [-0.05, 0) is 51.0 Å². The molecule has 1 heterocycles. The van der Waals surface area contributed by atoms with E-state index in [1.807, 2.05) is 0 Å². The Kier molecular flexibility index (Phi) is 32.5. The normalized spacial score (nSPS) is 15.1. The Labute approximate surface area is 328 Å². The van der Waals surface area contributed by atoms with Crippen LogP contribution in [-0.4, -0.2) is 62.3 Å². The maximum absolute atomic E-state index is 13.5. The van der Waals surface area contributed by atoms with Crippen molar-refractivity contribution in [2.45, 2.75) is 214 Å². The Balaban J connectivity index is 2.79. The van der Waals surface area contributed by atoms with Crippen LogP contribution in [0.15, 0.2) is 0 Å². The first-order valence-electron chi connectivity index (χ1n) is 23.1. The van der Waals surface area contributed by atoms with E-state index in [1.165, 1.54) is 90.1 Å². The van der Waals surface area contributed by atoms with E-state index in [0.29, 0.717) is 6.42 Å². The van der Waals surface area contributed by atoms with E-state index in [1.54, 1.807) is 0 Å². The highest BCUT2D eigenvalue weighted by Gasteiger charge is 2.25. The van der Waals surface area contributed by atoms with E-state index in [2.05, 4.69) is 39.5 Å². The Hall–Kier alpha value is -1.63. The summed E-state index contributed by atoms with van der Waals surface area (Å²) in [5, 5.41) is 0. The molecule has 1 aliphatic rings. The largest absolute Gasteiger partial charge is 0.465 e. The minimum atomic E-state index is -0.371. The van der Waals surface area contributed by atoms with Crippen LogP contribution in [-0.2, 0) is 28.6 Å². The fourth-order valence-electron chi connectivity index (χ4n) is 7.59. The van der Waals surface area contributed by atoms with E-state index >= 15 is 0 Å². The van der Waals surface area contributed by atoms with Crippen LogP contribution in [0.4, 0.5) is 0 Å². The lowest BCUT2D eigenvalue weighted by atomic mass is 9.94. The molecule has 7 heteroatoms. The van der Waals surface area contributed by atoms with Gasteiger partial charge in [-0.3, -0.25) is 14.4 Å². The molecule has 1 rings (SSSR count). The van der Waals surface area contributed by atoms with Crippen LogP contribution in [0.3, 0.4) is 0 Å². The molecule has 1 fully saturated rings. The number of hydrogen-bond acceptors (Lipinski definition) is 7. The fraction of sp³-hybridized carbons (Fsp3) is 0.935. The lowest BCUT2D eigenvalue weighted by Crippen LogP contribution is -2.45. The molecule has 0 aliphatic carbocycles. The van der Waals surface area contributed by atoms with Gasteiger partial charge in [0.25, 0.3) is 0 Å². The second-order valence-corrected chi connectivity index (χ2v) is 16.7. The summed E-state index contributed by atoms with van der Waals surface area (Å²) in [6, 6.07) is 0. The van der Waals surface area contributed by atoms with Crippen LogP contribution < -0.4 is 0 Å². The van der Waals surface area contributed by atoms with Crippen molar-refractivity contribution in [3.8, 4) is 0 Å². The highest BCUT2D eigenvalue weighted by Crippen LogP contribution is 2.23. The number of esters is 3. The molecular weight excluding hydrogens is 663 g/mol. The van der Waals surface area contributed by atoms with Gasteiger partial charge in [0.1, 0.15) is 19.8 Å². The second kappa shape index (κ2) is 34.8. The number of nitrogens with zero attached hydrogens (tertiary/aromatic N) is 1. The first-order valence-corrected chi connectivity index (χ1v) is 23.1. The third-order valence-electron chi connectivity index (χ3n) is 11.2. The average Bonchev–Trinajstić information content (AvgIpc) is 3.14. The molecule has 0 aromatic carbocycles. The van der Waals surface area contributed by atoms with Gasteiger partial charge in [-0.2, -0.15) is 0 Å². The molecule has 0 radical (unpaired) electrons. The predicted octanol–water partition coefficient (Wildman–Crippen LogP) is 12.4. The van der Waals surface area contributed by atoms with Gasteiger partial charge in [0.05, 0.1) is 17.8 Å². The van der Waals surface area contributed by atoms with Crippen LogP contribution in [0.25, 0.3) is 0 Å². The average molecular weight is 750 g/mol. The van der Waals surface area contributed by atoms with Crippen molar-refractivity contribution in [2.24, 2.45) is 23.7 Å². The number of carbonyl (C=O) groups excluding carboxylic acids is 3. The maximum Gasteiger partial charge on any atom is 0.308 e. The van der Waals surface area contributed by atoms with Crippen molar-refractivity contribution in [3.05, 3.63) is 0 Å². The fourth-order valence-corrected chi connectivity index (χ4v) is 7.59. The Morgan fingerprint density at radius 3 is 1.26 bits per heavy atom. The summed E-state index contributed by atoms with van der Waals surface area (Å²) in [5.74, 6) is -0.284. The number of hydrogen-bond donors (Lipinski definition) is 0. The molecule has 53 heavy (non-hydrogen) atoms. The van der Waals surface area contributed by atoms with Crippen LogP contribution in [0.1, 0.15) is 214 Å². The van der Waals surface area contributed by atoms with E-state index < -0.39 is 0 Å². The van der Waals surface area contributed by atoms with Crippen molar-refractivity contribution in [1.29, 1.82) is 0 Å². The van der Waals surface area contributed by atoms with Crippen LogP contribution in [0.2, 0.25) is 0 Å². The zero-order valence-electron chi connectivity index (χ0n) is 35.7. The van der Waals surface area contributed by atoms with Gasteiger partial charge >= 0.3 is 17.9 Å². The molecule has 7 nitrogen and oxygen atoms in total. The molecule has 0 N–H and O–H groups in total. The monoisotopic (exact) mass is 750 g/mol. The Bertz CT molecular complexity index is 826. The summed E-state index contributed by atoms with van der Waals surface area (Å²) in [4.78, 5) is 42.2. The van der Waals surface area contributed by atoms with Gasteiger partial charge in [0, 0.05) is 19.5 Å². The zero-order valence-corrected chi connectivity index (χ0v) is 35.7. The van der Waals surface area contributed by atoms with Crippen LogP contribution in [0.5, 0.6) is 0 Å². The molecule has 312 valence electrons. The predicted molar refractivity (Wildman–Crippen MR) is 221 cm³/mol. The van der Waals surface area contributed by atoms with Gasteiger partial charge in [0.2, 0.25) is 0 Å². The standard InChI is InChI=1S/C46H87NO6/c1-6-10-14-18-20-25-31-42(29-23-16-12-8-3)45(49)52-38-41(37-51-44(48)33-27-22-28-34-47-35-40(5)36-47)39-53-46(50)43(30-24-17-13-9-4)32-26-21-19-15-11-7-2/h40-43H,6-39H2,1-5H3. The summed E-state index contributed by atoms with van der Waals surface area (Å²) in [5.41, 5.74) is 0. The third kappa shape index (κ3) is 27.6. The van der Waals surface area contributed by atoms with E-state index in [-0.39, 0.29) is 55.5 Å². The molecule has 0 amide bonds. The van der Waals surface area contributed by atoms with Gasteiger partial charge in [-0.1, -0.05) is 169 Å². The Morgan fingerprint density at radius 2 is 0.849 bits per heavy atom. The SMILES string of the molecule is CCCCCCCCC(CCCCCC)C(=O)OCC(COC(=O)CCCCCN1CC(C)C1)COC(=O)C(CCCCCC)CCCCCCCC. The van der Waals surface area contributed by atoms with Crippen molar-refractivity contribution >= 4 is 17.9 Å². The highest BCUT2D eigenvalue weighted by atomic mass is 16.6. The molecule has 1 saturated heterocycles. The topological polar surface area (TPSA) is 82.1 Å². The lowest BCUT2D eigenvalue weighted by molar-refractivity contribution is -0.157. The van der Waals surface area contributed by atoms with Crippen molar-refractivity contribution in [2.75, 3.05) is 39.5 Å². The second-order valence-electron chi connectivity index (χ2n) is 16.7.